The zero-order chi connectivity index (χ0) is 16.3. The van der Waals surface area contributed by atoms with Crippen molar-refractivity contribution < 1.29 is 45.3 Å². The van der Waals surface area contributed by atoms with Gasteiger partial charge in [0.25, 0.3) is 0 Å². The van der Waals surface area contributed by atoms with Crippen molar-refractivity contribution in [2.75, 3.05) is 6.61 Å². The molecule has 0 aliphatic heterocycles. The molecular weight excluding hydrogens is 318 g/mol. The molecule has 0 fully saturated rings. The summed E-state index contributed by atoms with van der Waals surface area (Å²) in [4.78, 5) is 17.2. The van der Waals surface area contributed by atoms with Gasteiger partial charge in [0, 0.05) is 0 Å². The number of hydrogen-bond acceptors (Lipinski definition) is 3. The zero-order valence-corrected chi connectivity index (χ0v) is 18.7. The Labute approximate surface area is 169 Å². The van der Waals surface area contributed by atoms with Gasteiger partial charge < -0.3 is 15.7 Å². The van der Waals surface area contributed by atoms with Crippen LogP contribution >= 0.6 is 8.60 Å². The Bertz CT molecular complexity index is 213. The summed E-state index contributed by atoms with van der Waals surface area (Å²) in [5.74, 6) is 0. The van der Waals surface area contributed by atoms with E-state index in [2.05, 4.69) is 6.92 Å². The van der Waals surface area contributed by atoms with E-state index in [0.29, 0.717) is 6.61 Å². The van der Waals surface area contributed by atoms with Crippen LogP contribution in [0.2, 0.25) is 0 Å². The number of rotatable bonds is 18. The second-order valence-corrected chi connectivity index (χ2v) is 7.15. The summed E-state index contributed by atoms with van der Waals surface area (Å²) in [6.07, 6.45) is 21.6. The van der Waals surface area contributed by atoms with E-state index in [4.69, 9.17) is 14.3 Å². The van der Waals surface area contributed by atoms with Crippen molar-refractivity contribution in [2.24, 2.45) is 0 Å². The van der Waals surface area contributed by atoms with Gasteiger partial charge in [-0.05, 0) is 6.42 Å². The summed E-state index contributed by atoms with van der Waals surface area (Å²) < 4.78 is 4.74. The van der Waals surface area contributed by atoms with Crippen LogP contribution in [0.3, 0.4) is 0 Å². The van der Waals surface area contributed by atoms with Gasteiger partial charge in [0.1, 0.15) is 0 Å². The van der Waals surface area contributed by atoms with Crippen molar-refractivity contribution in [3.05, 3.63) is 0 Å². The van der Waals surface area contributed by atoms with Gasteiger partial charge in [-0.1, -0.05) is 103 Å². The zero-order valence-electron chi connectivity index (χ0n) is 16.8. The van der Waals surface area contributed by atoms with Crippen LogP contribution in [0.15, 0.2) is 0 Å². The van der Waals surface area contributed by atoms with Crippen molar-refractivity contribution in [1.29, 1.82) is 0 Å². The van der Waals surface area contributed by atoms with E-state index in [-0.39, 0.29) is 31.0 Å². The third-order valence-electron chi connectivity index (χ3n) is 4.20. The third-order valence-corrected chi connectivity index (χ3v) is 4.62. The van der Waals surface area contributed by atoms with Crippen molar-refractivity contribution in [3.63, 3.8) is 0 Å². The Hall–Kier alpha value is 1.31. The first kappa shape index (κ1) is 26.5. The molecule has 0 atom stereocenters. The quantitative estimate of drug-likeness (QED) is 0.224. The van der Waals surface area contributed by atoms with Crippen LogP contribution in [0, 0.1) is 0 Å². The van der Waals surface area contributed by atoms with Crippen LogP contribution < -0.4 is 29.6 Å². The summed E-state index contributed by atoms with van der Waals surface area (Å²) in [7, 11) is -2.14. The first-order valence-corrected chi connectivity index (χ1v) is 10.7. The molecule has 0 aliphatic rings. The molecule has 136 valence electrons. The van der Waals surface area contributed by atoms with Gasteiger partial charge in [-0.25, -0.2) is 0 Å². The minimum atomic E-state index is -2.14. The van der Waals surface area contributed by atoms with E-state index in [0.717, 1.165) is 12.8 Å². The van der Waals surface area contributed by atoms with Gasteiger partial charge in [-0.3, -0.25) is 0 Å². The molecule has 0 aromatic carbocycles. The third kappa shape index (κ3) is 25.7. The van der Waals surface area contributed by atoms with E-state index in [9.17, 15) is 0 Å². The molecule has 0 bridgehead atoms. The van der Waals surface area contributed by atoms with Crippen molar-refractivity contribution in [1.82, 2.24) is 0 Å². The molecule has 2 N–H and O–H groups in total. The van der Waals surface area contributed by atoms with Gasteiger partial charge in [-0.15, -0.1) is 0 Å². The fourth-order valence-corrected chi connectivity index (χ4v) is 3.09. The topological polar surface area (TPSA) is 49.7 Å². The average Bonchev–Trinajstić information content (AvgIpc) is 2.50. The molecule has 0 aromatic rings. The van der Waals surface area contributed by atoms with E-state index in [1.165, 1.54) is 89.9 Å². The maximum Gasteiger partial charge on any atom is 1.00 e. The van der Waals surface area contributed by atoms with E-state index < -0.39 is 8.60 Å². The Kier molecular flexibility index (Phi) is 26.9. The van der Waals surface area contributed by atoms with Crippen LogP contribution in [-0.4, -0.2) is 16.4 Å². The molecule has 5 heteroatoms. The predicted molar refractivity (Wildman–Crippen MR) is 98.0 cm³/mol. The fraction of sp³-hybridized carbons (Fsp3) is 1.00. The van der Waals surface area contributed by atoms with Crippen LogP contribution in [0.1, 0.15) is 111 Å². The second kappa shape index (κ2) is 23.3. The standard InChI is InChI=1S/C18H39O3P.Na.H/c1-2-3-4-5-6-7-8-9-10-11-12-13-14-15-16-17-18-21-22(19)20;;/h19-20H,2-18H2,1H3;;/q;+1;-1. The molecule has 0 saturated carbocycles. The van der Waals surface area contributed by atoms with Crippen LogP contribution in [-0.2, 0) is 4.52 Å². The number of hydrogen-bond donors (Lipinski definition) is 2. The second-order valence-electron chi connectivity index (χ2n) is 6.39. The summed E-state index contributed by atoms with van der Waals surface area (Å²) >= 11 is 0. The van der Waals surface area contributed by atoms with Crippen molar-refractivity contribution in [2.45, 2.75) is 110 Å². The minimum absolute atomic E-state index is 0. The van der Waals surface area contributed by atoms with Gasteiger partial charge in [0.05, 0.1) is 6.61 Å². The molecule has 0 amide bonds. The van der Waals surface area contributed by atoms with Crippen LogP contribution in [0.5, 0.6) is 0 Å². The van der Waals surface area contributed by atoms with E-state index >= 15 is 0 Å². The Morgan fingerprint density at radius 3 is 1.22 bits per heavy atom. The normalized spacial score (nSPS) is 11.0. The summed E-state index contributed by atoms with van der Waals surface area (Å²) in [6.45, 7) is 2.76. The fourth-order valence-electron chi connectivity index (χ4n) is 2.80. The first-order valence-electron chi connectivity index (χ1n) is 9.58. The van der Waals surface area contributed by atoms with Crippen LogP contribution in [0.25, 0.3) is 0 Å². The van der Waals surface area contributed by atoms with E-state index in [1.807, 2.05) is 0 Å². The maximum atomic E-state index is 8.58. The molecule has 0 radical (unpaired) electrons. The average molecular weight is 358 g/mol. The van der Waals surface area contributed by atoms with Gasteiger partial charge >= 0.3 is 38.2 Å². The van der Waals surface area contributed by atoms with E-state index in [1.54, 1.807) is 0 Å². The predicted octanol–water partition coefficient (Wildman–Crippen LogP) is 3.59. The summed E-state index contributed by atoms with van der Waals surface area (Å²) in [6, 6.07) is 0. The summed E-state index contributed by atoms with van der Waals surface area (Å²) in [5, 5.41) is 0. The molecule has 0 aliphatic carbocycles. The molecule has 0 heterocycles. The summed E-state index contributed by atoms with van der Waals surface area (Å²) in [5.41, 5.74) is 0. The van der Waals surface area contributed by atoms with Crippen LogP contribution in [0.4, 0.5) is 0 Å². The molecule has 0 unspecified atom stereocenters. The molecule has 3 nitrogen and oxygen atoms in total. The largest absolute Gasteiger partial charge is 1.00 e. The smallest absolute Gasteiger partial charge is 1.00 e. The molecule has 0 spiro atoms. The first-order chi connectivity index (χ1) is 10.8. The Morgan fingerprint density at radius 1 is 0.609 bits per heavy atom. The molecule has 0 saturated heterocycles. The van der Waals surface area contributed by atoms with Crippen molar-refractivity contribution >= 4 is 8.60 Å². The van der Waals surface area contributed by atoms with Gasteiger partial charge in [-0.2, -0.15) is 0 Å². The molecular formula is C18H40NaO3P. The van der Waals surface area contributed by atoms with Gasteiger partial charge in [0.2, 0.25) is 0 Å². The molecule has 0 aromatic heterocycles. The molecule has 23 heavy (non-hydrogen) atoms. The monoisotopic (exact) mass is 358 g/mol. The Balaban J connectivity index is -0.00000220. The molecule has 0 rings (SSSR count). The van der Waals surface area contributed by atoms with Gasteiger partial charge in [0.15, 0.2) is 0 Å². The Morgan fingerprint density at radius 2 is 0.913 bits per heavy atom. The maximum absolute atomic E-state index is 8.58. The SMILES string of the molecule is CCCCCCCCCCCCCCCCCCOP(O)O.[H-].[Na+]. The van der Waals surface area contributed by atoms with Crippen molar-refractivity contribution in [3.8, 4) is 0 Å². The number of unbranched alkanes of at least 4 members (excludes halogenated alkanes) is 15. The minimum Gasteiger partial charge on any atom is -1.00 e.